The van der Waals surface area contributed by atoms with E-state index in [2.05, 4.69) is 5.32 Å². The van der Waals surface area contributed by atoms with Gasteiger partial charge in [0.2, 0.25) is 11.8 Å². The number of hydrogen-bond donors (Lipinski definition) is 4. The standard InChI is InChI=1S/C11H20N4O3S/c12-7(5-16)10(18)15-3-1-11(2-4-15)14-8(6-19-11)9(13)17/h7-8,14,16H,1-6,12H2,(H2,13,17)/t7-,8-/m0/s1. The molecule has 0 bridgehead atoms. The van der Waals surface area contributed by atoms with Crippen molar-refractivity contribution in [3.05, 3.63) is 0 Å². The lowest BCUT2D eigenvalue weighted by Crippen LogP contribution is -2.56. The Bertz CT molecular complexity index is 371. The lowest BCUT2D eigenvalue weighted by molar-refractivity contribution is -0.134. The summed E-state index contributed by atoms with van der Waals surface area (Å²) in [5, 5.41) is 12.2. The summed E-state index contributed by atoms with van der Waals surface area (Å²) >= 11 is 1.70. The Labute approximate surface area is 116 Å². The highest BCUT2D eigenvalue weighted by Gasteiger charge is 2.44. The number of aliphatic hydroxyl groups excluding tert-OH is 1. The summed E-state index contributed by atoms with van der Waals surface area (Å²) in [6.07, 6.45) is 1.51. The van der Waals surface area contributed by atoms with Crippen LogP contribution in [0.25, 0.3) is 0 Å². The number of aliphatic hydroxyl groups is 1. The predicted octanol–water partition coefficient (Wildman–Crippen LogP) is -2.18. The highest BCUT2D eigenvalue weighted by molar-refractivity contribution is 8.01. The normalized spacial score (nSPS) is 27.5. The van der Waals surface area contributed by atoms with Gasteiger partial charge in [-0.25, -0.2) is 0 Å². The molecule has 2 fully saturated rings. The lowest BCUT2D eigenvalue weighted by atomic mass is 10.0. The van der Waals surface area contributed by atoms with Gasteiger partial charge in [-0.05, 0) is 12.8 Å². The van der Waals surface area contributed by atoms with Gasteiger partial charge < -0.3 is 21.5 Å². The summed E-state index contributed by atoms with van der Waals surface area (Å²) in [6, 6.07) is -1.12. The molecule has 0 aromatic rings. The van der Waals surface area contributed by atoms with Gasteiger partial charge in [-0.2, -0.15) is 0 Å². The topological polar surface area (TPSA) is 122 Å². The fourth-order valence-electron chi connectivity index (χ4n) is 2.49. The average Bonchev–Trinajstić information content (AvgIpc) is 2.82. The van der Waals surface area contributed by atoms with Crippen molar-refractivity contribution in [3.8, 4) is 0 Å². The average molecular weight is 288 g/mol. The van der Waals surface area contributed by atoms with E-state index in [4.69, 9.17) is 16.6 Å². The van der Waals surface area contributed by atoms with Crippen LogP contribution in [0.4, 0.5) is 0 Å². The van der Waals surface area contributed by atoms with Crippen LogP contribution >= 0.6 is 11.8 Å². The van der Waals surface area contributed by atoms with Crippen molar-refractivity contribution in [1.29, 1.82) is 0 Å². The van der Waals surface area contributed by atoms with E-state index >= 15 is 0 Å². The SMILES string of the molecule is NC(=O)[C@@H]1CSC2(CCN(C(=O)[C@@H](N)CO)CC2)N1. The Kier molecular flexibility index (Phi) is 4.34. The number of thioether (sulfide) groups is 1. The predicted molar refractivity (Wildman–Crippen MR) is 72.2 cm³/mol. The first-order valence-electron chi connectivity index (χ1n) is 6.33. The molecular formula is C11H20N4O3S. The first-order valence-corrected chi connectivity index (χ1v) is 7.32. The van der Waals surface area contributed by atoms with Crippen LogP contribution in [0.5, 0.6) is 0 Å². The maximum Gasteiger partial charge on any atom is 0.241 e. The molecule has 7 nitrogen and oxygen atoms in total. The summed E-state index contributed by atoms with van der Waals surface area (Å²) in [5.41, 5.74) is 10.8. The maximum absolute atomic E-state index is 11.8. The summed E-state index contributed by atoms with van der Waals surface area (Å²) in [4.78, 5) is 24.5. The zero-order chi connectivity index (χ0) is 14.0. The van der Waals surface area contributed by atoms with Gasteiger partial charge in [0.1, 0.15) is 6.04 Å². The van der Waals surface area contributed by atoms with E-state index in [1.807, 2.05) is 0 Å². The Morgan fingerprint density at radius 3 is 2.58 bits per heavy atom. The lowest BCUT2D eigenvalue weighted by Gasteiger charge is -2.39. The summed E-state index contributed by atoms with van der Waals surface area (Å²) in [5.74, 6) is 0.136. The van der Waals surface area contributed by atoms with Crippen molar-refractivity contribution < 1.29 is 14.7 Å². The molecule has 2 aliphatic heterocycles. The number of nitrogens with two attached hydrogens (primary N) is 2. The number of hydrogen-bond acceptors (Lipinski definition) is 6. The van der Waals surface area contributed by atoms with Gasteiger partial charge in [0.15, 0.2) is 0 Å². The fourth-order valence-corrected chi connectivity index (χ4v) is 3.92. The van der Waals surface area contributed by atoms with Crippen LogP contribution in [0.1, 0.15) is 12.8 Å². The quantitative estimate of drug-likeness (QED) is 0.468. The first kappa shape index (κ1) is 14.6. The number of carbonyl (C=O) groups is 2. The molecule has 2 amide bonds. The molecule has 0 aliphatic carbocycles. The van der Waals surface area contributed by atoms with Gasteiger partial charge in [0, 0.05) is 18.8 Å². The molecule has 2 rings (SSSR count). The van der Waals surface area contributed by atoms with E-state index in [-0.39, 0.29) is 29.3 Å². The van der Waals surface area contributed by atoms with Gasteiger partial charge in [0.25, 0.3) is 0 Å². The molecule has 2 heterocycles. The third kappa shape index (κ3) is 3.02. The molecule has 0 saturated carbocycles. The monoisotopic (exact) mass is 288 g/mol. The molecule has 108 valence electrons. The van der Waals surface area contributed by atoms with Crippen LogP contribution in [0.2, 0.25) is 0 Å². The zero-order valence-electron chi connectivity index (χ0n) is 10.7. The number of carbonyl (C=O) groups excluding carboxylic acids is 2. The van der Waals surface area contributed by atoms with Gasteiger partial charge >= 0.3 is 0 Å². The molecule has 19 heavy (non-hydrogen) atoms. The third-order valence-corrected chi connectivity index (χ3v) is 5.28. The zero-order valence-corrected chi connectivity index (χ0v) is 11.5. The number of amides is 2. The van der Waals surface area contributed by atoms with Crippen molar-refractivity contribution in [1.82, 2.24) is 10.2 Å². The summed E-state index contributed by atoms with van der Waals surface area (Å²) in [6.45, 7) is 0.827. The van der Waals surface area contributed by atoms with Gasteiger partial charge in [-0.15, -0.1) is 11.8 Å². The first-order chi connectivity index (χ1) is 8.97. The highest BCUT2D eigenvalue weighted by Crippen LogP contribution is 2.39. The molecule has 0 aromatic heterocycles. The van der Waals surface area contributed by atoms with Gasteiger partial charge in [-0.1, -0.05) is 0 Å². The third-order valence-electron chi connectivity index (χ3n) is 3.70. The second-order valence-corrected chi connectivity index (χ2v) is 6.42. The molecule has 1 spiro atoms. The molecule has 0 radical (unpaired) electrons. The van der Waals surface area contributed by atoms with E-state index in [1.54, 1.807) is 16.7 Å². The van der Waals surface area contributed by atoms with E-state index in [9.17, 15) is 9.59 Å². The van der Waals surface area contributed by atoms with Crippen LogP contribution in [0.3, 0.4) is 0 Å². The van der Waals surface area contributed by atoms with Crippen LogP contribution in [-0.4, -0.2) is 64.2 Å². The van der Waals surface area contributed by atoms with E-state index in [0.717, 1.165) is 12.8 Å². The van der Waals surface area contributed by atoms with Gasteiger partial charge in [-0.3, -0.25) is 14.9 Å². The maximum atomic E-state index is 11.8. The Morgan fingerprint density at radius 2 is 2.11 bits per heavy atom. The molecule has 2 aliphatic rings. The smallest absolute Gasteiger partial charge is 0.241 e. The van der Waals surface area contributed by atoms with E-state index in [0.29, 0.717) is 18.8 Å². The van der Waals surface area contributed by atoms with Crippen LogP contribution < -0.4 is 16.8 Å². The molecule has 2 saturated heterocycles. The van der Waals surface area contributed by atoms with Crippen molar-refractivity contribution in [3.63, 3.8) is 0 Å². The fraction of sp³-hybridized carbons (Fsp3) is 0.818. The number of likely N-dealkylation sites (tertiary alicyclic amines) is 1. The molecule has 8 heteroatoms. The Hall–Kier alpha value is -0.830. The van der Waals surface area contributed by atoms with Crippen LogP contribution in [-0.2, 0) is 9.59 Å². The van der Waals surface area contributed by atoms with Crippen molar-refractivity contribution in [2.24, 2.45) is 11.5 Å². The number of primary amides is 1. The number of rotatable bonds is 3. The minimum Gasteiger partial charge on any atom is -0.394 e. The molecular weight excluding hydrogens is 268 g/mol. The molecule has 0 aromatic carbocycles. The van der Waals surface area contributed by atoms with Crippen molar-refractivity contribution >= 4 is 23.6 Å². The molecule has 2 atom stereocenters. The molecule has 0 unspecified atom stereocenters. The van der Waals surface area contributed by atoms with Crippen molar-refractivity contribution in [2.75, 3.05) is 25.4 Å². The summed E-state index contributed by atoms with van der Waals surface area (Å²) in [7, 11) is 0. The Morgan fingerprint density at radius 1 is 1.47 bits per heavy atom. The van der Waals surface area contributed by atoms with Gasteiger partial charge in [0.05, 0.1) is 17.5 Å². The van der Waals surface area contributed by atoms with Crippen molar-refractivity contribution in [2.45, 2.75) is 29.8 Å². The second-order valence-electron chi connectivity index (χ2n) is 5.02. The van der Waals surface area contributed by atoms with Crippen LogP contribution in [0, 0.1) is 0 Å². The number of nitrogens with one attached hydrogen (secondary N) is 1. The second kappa shape index (κ2) is 5.66. The van der Waals surface area contributed by atoms with E-state index < -0.39 is 6.04 Å². The Balaban J connectivity index is 1.89. The molecule has 6 N–H and O–H groups in total. The minimum atomic E-state index is -0.836. The minimum absolute atomic E-state index is 0.153. The highest BCUT2D eigenvalue weighted by atomic mass is 32.2. The van der Waals surface area contributed by atoms with E-state index in [1.165, 1.54) is 0 Å². The number of nitrogens with zero attached hydrogens (tertiary/aromatic N) is 1. The van der Waals surface area contributed by atoms with Crippen LogP contribution in [0.15, 0.2) is 0 Å². The largest absolute Gasteiger partial charge is 0.394 e. The number of piperidine rings is 1. The summed E-state index contributed by atoms with van der Waals surface area (Å²) < 4.78 is 0.